The Morgan fingerprint density at radius 1 is 1.89 bits per heavy atom. The molecule has 0 radical (unpaired) electrons. The van der Waals surface area contributed by atoms with Crippen LogP contribution in [0.15, 0.2) is 3.92 Å². The van der Waals surface area contributed by atoms with E-state index in [1.54, 1.807) is 0 Å². The first-order valence-electron chi connectivity index (χ1n) is 2.09. The SMILES string of the molecule is COn1nc(Br)sc1=N. The second-order valence-electron chi connectivity index (χ2n) is 1.22. The molecule has 1 N–H and O–H groups in total. The molecule has 0 atom stereocenters. The van der Waals surface area contributed by atoms with E-state index in [1.165, 1.54) is 18.4 Å². The van der Waals surface area contributed by atoms with Gasteiger partial charge in [0.1, 0.15) is 7.11 Å². The Balaban J connectivity index is 3.16. The molecular formula is C3H4BrN3OS. The Kier molecular flexibility index (Phi) is 1.87. The van der Waals surface area contributed by atoms with Crippen LogP contribution in [-0.4, -0.2) is 17.1 Å². The molecule has 0 aliphatic heterocycles. The fourth-order valence-electron chi connectivity index (χ4n) is 0.380. The highest BCUT2D eigenvalue weighted by Gasteiger charge is 1.96. The monoisotopic (exact) mass is 209 g/mol. The summed E-state index contributed by atoms with van der Waals surface area (Å²) >= 11 is 4.31. The largest absolute Gasteiger partial charge is 0.398 e. The number of hydrogen-bond donors (Lipinski definition) is 1. The van der Waals surface area contributed by atoms with Gasteiger partial charge < -0.3 is 4.84 Å². The highest BCUT2D eigenvalue weighted by atomic mass is 79.9. The highest BCUT2D eigenvalue weighted by molar-refractivity contribution is 9.11. The molecule has 1 heterocycles. The van der Waals surface area contributed by atoms with Gasteiger partial charge in [0.05, 0.1) is 0 Å². The van der Waals surface area contributed by atoms with Crippen molar-refractivity contribution in [2.75, 3.05) is 7.11 Å². The highest BCUT2D eigenvalue weighted by Crippen LogP contribution is 2.05. The van der Waals surface area contributed by atoms with Crippen molar-refractivity contribution in [3.8, 4) is 0 Å². The van der Waals surface area contributed by atoms with Crippen LogP contribution >= 0.6 is 27.3 Å². The molecule has 0 unspecified atom stereocenters. The van der Waals surface area contributed by atoms with Crippen LogP contribution in [0, 0.1) is 5.41 Å². The third-order valence-electron chi connectivity index (χ3n) is 0.697. The van der Waals surface area contributed by atoms with E-state index in [0.29, 0.717) is 3.92 Å². The van der Waals surface area contributed by atoms with Gasteiger partial charge in [0, 0.05) is 0 Å². The van der Waals surface area contributed by atoms with Gasteiger partial charge in [0.15, 0.2) is 3.92 Å². The summed E-state index contributed by atoms with van der Waals surface area (Å²) in [5, 5.41) is 10.9. The van der Waals surface area contributed by atoms with Gasteiger partial charge in [0.2, 0.25) is 4.80 Å². The maximum atomic E-state index is 7.16. The van der Waals surface area contributed by atoms with E-state index < -0.39 is 0 Å². The van der Waals surface area contributed by atoms with Crippen LogP contribution in [0.2, 0.25) is 0 Å². The van der Waals surface area contributed by atoms with E-state index in [0.717, 1.165) is 4.85 Å². The van der Waals surface area contributed by atoms with Crippen molar-refractivity contribution >= 4 is 27.3 Å². The topological polar surface area (TPSA) is 50.9 Å². The molecule has 1 aromatic heterocycles. The van der Waals surface area contributed by atoms with Crippen LogP contribution < -0.4 is 9.64 Å². The molecule has 0 saturated heterocycles. The Morgan fingerprint density at radius 2 is 2.56 bits per heavy atom. The lowest BCUT2D eigenvalue weighted by Gasteiger charge is -1.91. The van der Waals surface area contributed by atoms with E-state index >= 15 is 0 Å². The standard InChI is InChI=1S/C3H4BrN3OS/c1-8-7-3(5)9-2(4)6-7/h5H,1H3. The fourth-order valence-corrected chi connectivity index (χ4v) is 1.45. The Labute approximate surface area is 63.7 Å². The van der Waals surface area contributed by atoms with Crippen molar-refractivity contribution in [3.05, 3.63) is 8.72 Å². The van der Waals surface area contributed by atoms with Crippen molar-refractivity contribution in [1.29, 1.82) is 5.41 Å². The van der Waals surface area contributed by atoms with Crippen LogP contribution in [0.5, 0.6) is 0 Å². The predicted molar refractivity (Wildman–Crippen MR) is 36.2 cm³/mol. The normalized spacial score (nSPS) is 9.56. The van der Waals surface area contributed by atoms with Gasteiger partial charge in [-0.3, -0.25) is 5.41 Å². The first-order valence-corrected chi connectivity index (χ1v) is 3.69. The lowest BCUT2D eigenvalue weighted by atomic mass is 11.4. The second kappa shape index (κ2) is 2.49. The summed E-state index contributed by atoms with van der Waals surface area (Å²) in [6.45, 7) is 0. The quantitative estimate of drug-likeness (QED) is 0.721. The van der Waals surface area contributed by atoms with E-state index in [4.69, 9.17) is 5.41 Å². The third-order valence-corrected chi connectivity index (χ3v) is 1.94. The summed E-state index contributed by atoms with van der Waals surface area (Å²) in [5.41, 5.74) is 0. The number of halogens is 1. The summed E-state index contributed by atoms with van der Waals surface area (Å²) in [6.07, 6.45) is 0. The molecule has 0 amide bonds. The number of hydrogen-bond acceptors (Lipinski definition) is 4. The smallest absolute Gasteiger partial charge is 0.240 e. The third kappa shape index (κ3) is 1.31. The predicted octanol–water partition coefficient (Wildman–Crippen LogP) is 0.245. The lowest BCUT2D eigenvalue weighted by molar-refractivity contribution is 0.123. The molecule has 0 spiro atoms. The van der Waals surface area contributed by atoms with Crippen LogP contribution in [-0.2, 0) is 0 Å². The van der Waals surface area contributed by atoms with E-state index in [9.17, 15) is 0 Å². The molecule has 50 valence electrons. The van der Waals surface area contributed by atoms with E-state index in [-0.39, 0.29) is 4.80 Å². The molecule has 9 heavy (non-hydrogen) atoms. The maximum Gasteiger partial charge on any atom is 0.240 e. The van der Waals surface area contributed by atoms with E-state index in [2.05, 4.69) is 25.9 Å². The van der Waals surface area contributed by atoms with Gasteiger partial charge in [-0.15, -0.1) is 5.10 Å². The lowest BCUT2D eigenvalue weighted by Crippen LogP contribution is -2.20. The Bertz CT molecular complexity index is 254. The van der Waals surface area contributed by atoms with Gasteiger partial charge in [-0.05, 0) is 15.9 Å². The molecule has 0 aromatic carbocycles. The average Bonchev–Trinajstić information content (AvgIpc) is 2.10. The molecule has 0 saturated carbocycles. The summed E-state index contributed by atoms with van der Waals surface area (Å²) < 4.78 is 0.648. The molecular weight excluding hydrogens is 206 g/mol. The minimum atomic E-state index is 0.268. The molecule has 4 nitrogen and oxygen atoms in total. The fraction of sp³-hybridized carbons (Fsp3) is 0.333. The van der Waals surface area contributed by atoms with Gasteiger partial charge in [-0.25, -0.2) is 0 Å². The molecule has 6 heteroatoms. The van der Waals surface area contributed by atoms with Crippen molar-refractivity contribution in [1.82, 2.24) is 9.94 Å². The zero-order valence-electron chi connectivity index (χ0n) is 4.59. The number of nitrogens with zero attached hydrogens (tertiary/aromatic N) is 2. The van der Waals surface area contributed by atoms with Crippen LogP contribution in [0.3, 0.4) is 0 Å². The maximum absolute atomic E-state index is 7.16. The van der Waals surface area contributed by atoms with Crippen molar-refractivity contribution in [2.45, 2.75) is 0 Å². The zero-order valence-corrected chi connectivity index (χ0v) is 6.99. The first-order chi connectivity index (χ1) is 4.24. The minimum Gasteiger partial charge on any atom is -0.398 e. The molecule has 0 bridgehead atoms. The summed E-state index contributed by atoms with van der Waals surface area (Å²) in [6, 6.07) is 0. The number of aromatic nitrogens is 2. The number of nitrogens with one attached hydrogen (secondary N) is 1. The van der Waals surface area contributed by atoms with Crippen molar-refractivity contribution in [3.63, 3.8) is 0 Å². The van der Waals surface area contributed by atoms with Gasteiger partial charge in [-0.1, -0.05) is 16.2 Å². The zero-order chi connectivity index (χ0) is 6.85. The van der Waals surface area contributed by atoms with E-state index in [1.807, 2.05) is 0 Å². The molecule has 1 aromatic rings. The van der Waals surface area contributed by atoms with Crippen molar-refractivity contribution < 1.29 is 4.84 Å². The first kappa shape index (κ1) is 6.76. The molecule has 0 fully saturated rings. The number of rotatable bonds is 1. The summed E-state index contributed by atoms with van der Waals surface area (Å²) in [5.74, 6) is 0. The molecule has 1 rings (SSSR count). The van der Waals surface area contributed by atoms with Crippen LogP contribution in [0.1, 0.15) is 0 Å². The van der Waals surface area contributed by atoms with Crippen LogP contribution in [0.25, 0.3) is 0 Å². The Morgan fingerprint density at radius 3 is 2.78 bits per heavy atom. The average molecular weight is 210 g/mol. The molecule has 0 aliphatic rings. The summed E-state index contributed by atoms with van der Waals surface area (Å²) in [4.78, 5) is 6.07. The van der Waals surface area contributed by atoms with Crippen LogP contribution in [0.4, 0.5) is 0 Å². The van der Waals surface area contributed by atoms with Gasteiger partial charge in [0.25, 0.3) is 0 Å². The summed E-state index contributed by atoms with van der Waals surface area (Å²) in [7, 11) is 1.46. The van der Waals surface area contributed by atoms with Gasteiger partial charge >= 0.3 is 0 Å². The molecule has 0 aliphatic carbocycles. The van der Waals surface area contributed by atoms with Gasteiger partial charge in [-0.2, -0.15) is 0 Å². The minimum absolute atomic E-state index is 0.268. The Hall–Kier alpha value is -0.360. The van der Waals surface area contributed by atoms with Crippen molar-refractivity contribution in [2.24, 2.45) is 0 Å². The second-order valence-corrected chi connectivity index (χ2v) is 3.47.